The van der Waals surface area contributed by atoms with E-state index in [0.717, 1.165) is 6.08 Å². The molecule has 0 unspecified atom stereocenters. The Hall–Kier alpha value is -2.17. The van der Waals surface area contributed by atoms with Gasteiger partial charge in [-0.25, -0.2) is 4.79 Å². The van der Waals surface area contributed by atoms with Crippen molar-refractivity contribution in [3.05, 3.63) is 41.9 Å². The van der Waals surface area contributed by atoms with Gasteiger partial charge in [0.2, 0.25) is 5.76 Å². The van der Waals surface area contributed by atoms with Crippen LogP contribution in [-0.4, -0.2) is 28.4 Å². The van der Waals surface area contributed by atoms with Crippen LogP contribution in [0.3, 0.4) is 0 Å². The third-order valence-electron chi connectivity index (χ3n) is 1.72. The van der Waals surface area contributed by atoms with Crippen LogP contribution < -0.4 is 0 Å². The summed E-state index contributed by atoms with van der Waals surface area (Å²) in [5.41, 5.74) is 0.339. The first-order chi connectivity index (χ1) is 7.65. The Kier molecular flexibility index (Phi) is 4.20. The zero-order valence-corrected chi connectivity index (χ0v) is 8.71. The minimum absolute atomic E-state index is 0.139. The average molecular weight is 221 g/mol. The van der Waals surface area contributed by atoms with Gasteiger partial charge in [-0.2, -0.15) is 0 Å². The van der Waals surface area contributed by atoms with Crippen LogP contribution in [0.4, 0.5) is 0 Å². The number of aliphatic hydroxyl groups excluding tert-OH is 1. The molecule has 1 N–H and O–H groups in total. The molecule has 84 valence electrons. The van der Waals surface area contributed by atoms with Gasteiger partial charge in [-0.05, 0) is 19.1 Å². The Morgan fingerprint density at radius 2 is 2.06 bits per heavy atom. The number of aliphatic hydroxyl groups is 1. The van der Waals surface area contributed by atoms with E-state index in [1.165, 1.54) is 24.5 Å². The average Bonchev–Trinajstić information content (AvgIpc) is 2.30. The van der Waals surface area contributed by atoms with Crippen LogP contribution >= 0.6 is 0 Å². The van der Waals surface area contributed by atoms with Crippen LogP contribution in [0.1, 0.15) is 17.3 Å². The summed E-state index contributed by atoms with van der Waals surface area (Å²) < 4.78 is 4.52. The lowest BCUT2D eigenvalue weighted by molar-refractivity contribution is -0.141. The second-order valence-electron chi connectivity index (χ2n) is 2.85. The van der Waals surface area contributed by atoms with Crippen molar-refractivity contribution in [2.45, 2.75) is 6.92 Å². The zero-order valence-electron chi connectivity index (χ0n) is 8.71. The summed E-state index contributed by atoms with van der Waals surface area (Å²) in [5, 5.41) is 9.23. The predicted octanol–water partition coefficient (Wildman–Crippen LogP) is 1.27. The molecule has 0 saturated heterocycles. The number of esters is 1. The predicted molar refractivity (Wildman–Crippen MR) is 55.9 cm³/mol. The Bertz CT molecular complexity index is 411. The first kappa shape index (κ1) is 11.9. The molecule has 0 bridgehead atoms. The Morgan fingerprint density at radius 3 is 2.62 bits per heavy atom. The fraction of sp³-hybridized carbons (Fsp3) is 0.182. The van der Waals surface area contributed by atoms with Crippen molar-refractivity contribution < 1.29 is 19.4 Å². The number of ether oxygens (including phenoxy) is 1. The van der Waals surface area contributed by atoms with Crippen LogP contribution in [0.5, 0.6) is 0 Å². The molecule has 0 atom stereocenters. The molecule has 1 aromatic rings. The number of hydrogen-bond donors (Lipinski definition) is 1. The molecule has 0 radical (unpaired) electrons. The maximum atomic E-state index is 11.5. The van der Waals surface area contributed by atoms with Gasteiger partial charge in [0.15, 0.2) is 5.78 Å². The molecule has 0 amide bonds. The standard InChI is InChI=1S/C11H11NO4/c1-2-16-11(15)10(14)7-9(13)8-3-5-12-6-4-8/h3-7,14H,2H2,1H3/b10-7-. The highest BCUT2D eigenvalue weighted by molar-refractivity contribution is 6.07. The maximum Gasteiger partial charge on any atom is 0.373 e. The Labute approximate surface area is 92.4 Å². The van der Waals surface area contributed by atoms with Crippen molar-refractivity contribution >= 4 is 11.8 Å². The molecular weight excluding hydrogens is 210 g/mol. The van der Waals surface area contributed by atoms with Crippen LogP contribution in [-0.2, 0) is 9.53 Å². The third-order valence-corrected chi connectivity index (χ3v) is 1.72. The highest BCUT2D eigenvalue weighted by Gasteiger charge is 2.11. The molecule has 0 saturated carbocycles. The minimum atomic E-state index is -0.912. The van der Waals surface area contributed by atoms with Gasteiger partial charge in [0.05, 0.1) is 6.61 Å². The number of hydrogen-bond acceptors (Lipinski definition) is 5. The normalized spacial score (nSPS) is 10.9. The first-order valence-corrected chi connectivity index (χ1v) is 4.67. The lowest BCUT2D eigenvalue weighted by atomic mass is 10.1. The van der Waals surface area contributed by atoms with Crippen molar-refractivity contribution in [1.82, 2.24) is 4.98 Å². The van der Waals surface area contributed by atoms with Crippen LogP contribution in [0.25, 0.3) is 0 Å². The molecule has 0 aliphatic carbocycles. The summed E-state index contributed by atoms with van der Waals surface area (Å²) >= 11 is 0. The second kappa shape index (κ2) is 5.65. The highest BCUT2D eigenvalue weighted by Crippen LogP contribution is 2.02. The summed E-state index contributed by atoms with van der Waals surface area (Å²) in [6.45, 7) is 1.75. The first-order valence-electron chi connectivity index (χ1n) is 4.67. The number of carbonyl (C=O) groups excluding carboxylic acids is 2. The lowest BCUT2D eigenvalue weighted by Gasteiger charge is -1.99. The number of aromatic nitrogens is 1. The van der Waals surface area contributed by atoms with Gasteiger partial charge < -0.3 is 9.84 Å². The van der Waals surface area contributed by atoms with E-state index in [4.69, 9.17) is 0 Å². The summed E-state index contributed by atoms with van der Waals surface area (Å²) in [6, 6.07) is 2.97. The topological polar surface area (TPSA) is 76.5 Å². The van der Waals surface area contributed by atoms with E-state index in [2.05, 4.69) is 9.72 Å². The molecule has 0 aliphatic heterocycles. The molecule has 0 aliphatic rings. The van der Waals surface area contributed by atoms with Gasteiger partial charge in [0.1, 0.15) is 0 Å². The van der Waals surface area contributed by atoms with E-state index in [1.807, 2.05) is 0 Å². The summed E-state index contributed by atoms with van der Waals surface area (Å²) in [6.07, 6.45) is 3.72. The molecular formula is C11H11NO4. The molecule has 0 spiro atoms. The van der Waals surface area contributed by atoms with E-state index >= 15 is 0 Å². The molecule has 1 rings (SSSR count). The van der Waals surface area contributed by atoms with Gasteiger partial charge in [-0.15, -0.1) is 0 Å². The smallest absolute Gasteiger partial charge is 0.373 e. The van der Waals surface area contributed by atoms with Crippen LogP contribution in [0.2, 0.25) is 0 Å². The number of rotatable bonds is 4. The quantitative estimate of drug-likeness (QED) is 0.358. The minimum Gasteiger partial charge on any atom is -0.502 e. The fourth-order valence-electron chi connectivity index (χ4n) is 0.988. The molecule has 16 heavy (non-hydrogen) atoms. The van der Waals surface area contributed by atoms with Crippen LogP contribution in [0, 0.1) is 0 Å². The molecule has 1 heterocycles. The van der Waals surface area contributed by atoms with Crippen molar-refractivity contribution in [3.8, 4) is 0 Å². The van der Waals surface area contributed by atoms with Crippen molar-refractivity contribution in [3.63, 3.8) is 0 Å². The summed E-state index contributed by atoms with van der Waals surface area (Å²) in [7, 11) is 0. The second-order valence-corrected chi connectivity index (χ2v) is 2.85. The number of nitrogens with zero attached hydrogens (tertiary/aromatic N) is 1. The van der Waals surface area contributed by atoms with Gasteiger partial charge in [-0.3, -0.25) is 9.78 Å². The highest BCUT2D eigenvalue weighted by atomic mass is 16.5. The van der Waals surface area contributed by atoms with Gasteiger partial charge in [0.25, 0.3) is 0 Å². The molecule has 0 aromatic carbocycles. The van der Waals surface area contributed by atoms with Crippen molar-refractivity contribution in [2.24, 2.45) is 0 Å². The van der Waals surface area contributed by atoms with Crippen molar-refractivity contribution in [2.75, 3.05) is 6.61 Å². The lowest BCUT2D eigenvalue weighted by Crippen LogP contribution is -2.09. The van der Waals surface area contributed by atoms with E-state index in [-0.39, 0.29) is 6.61 Å². The van der Waals surface area contributed by atoms with E-state index in [9.17, 15) is 14.7 Å². The fourth-order valence-corrected chi connectivity index (χ4v) is 0.988. The van der Waals surface area contributed by atoms with E-state index in [0.29, 0.717) is 5.56 Å². The number of pyridine rings is 1. The molecule has 0 fully saturated rings. The monoisotopic (exact) mass is 221 g/mol. The largest absolute Gasteiger partial charge is 0.502 e. The zero-order chi connectivity index (χ0) is 12.0. The molecule has 5 heteroatoms. The SMILES string of the molecule is CCOC(=O)/C(O)=C/C(=O)c1ccncc1. The van der Waals surface area contributed by atoms with Gasteiger partial charge >= 0.3 is 5.97 Å². The number of allylic oxidation sites excluding steroid dienone is 1. The van der Waals surface area contributed by atoms with Gasteiger partial charge in [-0.1, -0.05) is 0 Å². The summed E-state index contributed by atoms with van der Waals surface area (Å²) in [4.78, 5) is 26.2. The van der Waals surface area contributed by atoms with Gasteiger partial charge in [0, 0.05) is 24.0 Å². The Morgan fingerprint density at radius 1 is 1.44 bits per heavy atom. The molecule has 1 aromatic heterocycles. The number of ketones is 1. The maximum absolute atomic E-state index is 11.5. The van der Waals surface area contributed by atoms with E-state index in [1.54, 1.807) is 6.92 Å². The summed E-state index contributed by atoms with van der Waals surface area (Å²) in [5.74, 6) is -2.10. The number of carbonyl (C=O) groups is 2. The van der Waals surface area contributed by atoms with Crippen LogP contribution in [0.15, 0.2) is 36.4 Å². The van der Waals surface area contributed by atoms with Crippen molar-refractivity contribution in [1.29, 1.82) is 0 Å². The third kappa shape index (κ3) is 3.20. The molecule has 5 nitrogen and oxygen atoms in total. The van der Waals surface area contributed by atoms with E-state index < -0.39 is 17.5 Å². The Balaban J connectivity index is 2.77.